The summed E-state index contributed by atoms with van der Waals surface area (Å²) >= 11 is 3.10. The van der Waals surface area contributed by atoms with Gasteiger partial charge in [-0.2, -0.15) is 0 Å². The van der Waals surface area contributed by atoms with Crippen LogP contribution in [0, 0.1) is 0 Å². The number of hydrogen-bond acceptors (Lipinski definition) is 3. The van der Waals surface area contributed by atoms with Crippen molar-refractivity contribution in [3.8, 4) is 0 Å². The molecule has 3 N–H and O–H groups in total. The van der Waals surface area contributed by atoms with Gasteiger partial charge in [-0.05, 0) is 18.2 Å². The van der Waals surface area contributed by atoms with Gasteiger partial charge in [0.25, 0.3) is 5.91 Å². The molecule has 92 valence electrons. The Morgan fingerprint density at radius 1 is 1.47 bits per heavy atom. The van der Waals surface area contributed by atoms with Crippen LogP contribution in [0.3, 0.4) is 0 Å². The Kier molecular flexibility index (Phi) is 4.44. The minimum Gasteiger partial charge on any atom is -0.347 e. The lowest BCUT2D eigenvalue weighted by atomic mass is 10.2. The molecule has 17 heavy (non-hydrogen) atoms. The third-order valence-corrected chi connectivity index (χ3v) is 3.06. The van der Waals surface area contributed by atoms with Crippen LogP contribution in [0.1, 0.15) is 10.4 Å². The molecule has 0 radical (unpaired) electrons. The van der Waals surface area contributed by atoms with E-state index in [9.17, 15) is 13.2 Å². The van der Waals surface area contributed by atoms with Gasteiger partial charge in [0.2, 0.25) is 10.0 Å². The molecule has 0 unspecified atom stereocenters. The molecule has 0 heterocycles. The second-order valence-electron chi connectivity index (χ2n) is 3.27. The van der Waals surface area contributed by atoms with Gasteiger partial charge >= 0.3 is 0 Å². The number of nitrogens with one attached hydrogen (secondary N) is 1. The molecule has 1 aromatic rings. The predicted octanol–water partition coefficient (Wildman–Crippen LogP) is 0.972. The molecule has 0 aliphatic carbocycles. The summed E-state index contributed by atoms with van der Waals surface area (Å²) in [5.74, 6) is -0.392. The molecule has 0 aromatic heterocycles. The number of rotatable bonds is 4. The average molecular weight is 319 g/mol. The Labute approximate surface area is 108 Å². The van der Waals surface area contributed by atoms with Gasteiger partial charge < -0.3 is 5.32 Å². The van der Waals surface area contributed by atoms with Crippen molar-refractivity contribution in [1.82, 2.24) is 5.32 Å². The van der Waals surface area contributed by atoms with Gasteiger partial charge in [0.15, 0.2) is 0 Å². The van der Waals surface area contributed by atoms with Crippen molar-refractivity contribution < 1.29 is 13.2 Å². The number of nitrogens with two attached hydrogens (primary N) is 1. The van der Waals surface area contributed by atoms with Gasteiger partial charge in [-0.1, -0.05) is 28.6 Å². The number of sulfonamides is 1. The second-order valence-corrected chi connectivity index (χ2v) is 5.96. The zero-order valence-electron chi connectivity index (χ0n) is 8.81. The molecule has 5 nitrogen and oxygen atoms in total. The van der Waals surface area contributed by atoms with Crippen LogP contribution in [0.25, 0.3) is 0 Å². The van der Waals surface area contributed by atoms with Crippen LogP contribution in [0.5, 0.6) is 0 Å². The van der Waals surface area contributed by atoms with Gasteiger partial charge in [-0.15, -0.1) is 0 Å². The largest absolute Gasteiger partial charge is 0.347 e. The predicted molar refractivity (Wildman–Crippen MR) is 68.2 cm³/mol. The summed E-state index contributed by atoms with van der Waals surface area (Å²) in [6.45, 7) is 3.83. The number of primary sulfonamides is 1. The minimum atomic E-state index is -3.80. The van der Waals surface area contributed by atoms with Crippen molar-refractivity contribution in [2.45, 2.75) is 4.90 Å². The maximum absolute atomic E-state index is 11.6. The first kappa shape index (κ1) is 13.9. The lowest BCUT2D eigenvalue weighted by molar-refractivity contribution is 0.0957. The van der Waals surface area contributed by atoms with E-state index in [-0.39, 0.29) is 17.0 Å². The normalized spacial score (nSPS) is 10.9. The molecular weight excluding hydrogens is 308 g/mol. The Morgan fingerprint density at radius 2 is 2.12 bits per heavy atom. The van der Waals surface area contributed by atoms with Gasteiger partial charge in [0.1, 0.15) is 0 Å². The topological polar surface area (TPSA) is 89.3 Å². The number of benzene rings is 1. The zero-order chi connectivity index (χ0) is 13.1. The molecule has 0 atom stereocenters. The lowest BCUT2D eigenvalue weighted by Gasteiger charge is -2.05. The number of carbonyl (C=O) groups excluding carboxylic acids is 1. The first-order valence-corrected chi connectivity index (χ1v) is 6.89. The van der Waals surface area contributed by atoms with E-state index >= 15 is 0 Å². The highest BCUT2D eigenvalue weighted by molar-refractivity contribution is 9.11. The molecule has 7 heteroatoms. The van der Waals surface area contributed by atoms with Crippen molar-refractivity contribution >= 4 is 31.9 Å². The van der Waals surface area contributed by atoms with E-state index in [4.69, 9.17) is 5.14 Å². The summed E-state index contributed by atoms with van der Waals surface area (Å²) < 4.78 is 22.8. The fourth-order valence-corrected chi connectivity index (χ4v) is 1.79. The maximum Gasteiger partial charge on any atom is 0.251 e. The fourth-order valence-electron chi connectivity index (χ4n) is 1.09. The van der Waals surface area contributed by atoms with Gasteiger partial charge in [0.05, 0.1) is 4.90 Å². The van der Waals surface area contributed by atoms with E-state index < -0.39 is 15.9 Å². The van der Waals surface area contributed by atoms with E-state index in [1.165, 1.54) is 24.3 Å². The van der Waals surface area contributed by atoms with Crippen molar-refractivity contribution in [1.29, 1.82) is 0 Å². The first-order chi connectivity index (χ1) is 7.80. The average Bonchev–Trinajstić information content (AvgIpc) is 2.25. The smallest absolute Gasteiger partial charge is 0.251 e. The van der Waals surface area contributed by atoms with E-state index in [0.29, 0.717) is 4.48 Å². The fraction of sp³-hybridized carbons (Fsp3) is 0.100. The van der Waals surface area contributed by atoms with E-state index in [1.54, 1.807) is 0 Å². The van der Waals surface area contributed by atoms with Crippen LogP contribution in [0.2, 0.25) is 0 Å². The molecule has 1 rings (SSSR count). The molecule has 0 spiro atoms. The maximum atomic E-state index is 11.6. The molecule has 0 saturated carbocycles. The van der Waals surface area contributed by atoms with Gasteiger partial charge in [-0.3, -0.25) is 4.79 Å². The minimum absolute atomic E-state index is 0.0946. The van der Waals surface area contributed by atoms with E-state index in [2.05, 4.69) is 27.8 Å². The number of hydrogen-bond donors (Lipinski definition) is 2. The third kappa shape index (κ3) is 4.29. The number of carbonyl (C=O) groups is 1. The number of amides is 1. The zero-order valence-corrected chi connectivity index (χ0v) is 11.2. The monoisotopic (exact) mass is 318 g/mol. The Bertz CT molecular complexity index is 554. The molecule has 0 bridgehead atoms. The number of halogens is 1. The van der Waals surface area contributed by atoms with Crippen molar-refractivity contribution in [2.75, 3.05) is 6.54 Å². The summed E-state index contributed by atoms with van der Waals surface area (Å²) in [5, 5.41) is 7.52. The summed E-state index contributed by atoms with van der Waals surface area (Å²) in [6.07, 6.45) is 0. The highest BCUT2D eigenvalue weighted by Crippen LogP contribution is 2.10. The van der Waals surface area contributed by atoms with Crippen LogP contribution >= 0.6 is 15.9 Å². The molecule has 1 aromatic carbocycles. The van der Waals surface area contributed by atoms with Crippen molar-refractivity contribution in [3.63, 3.8) is 0 Å². The van der Waals surface area contributed by atoms with Crippen LogP contribution in [-0.2, 0) is 10.0 Å². The first-order valence-electron chi connectivity index (χ1n) is 4.55. The van der Waals surface area contributed by atoms with E-state index in [1.807, 2.05) is 0 Å². The SMILES string of the molecule is C=C(Br)CNC(=O)c1cccc(S(N)(=O)=O)c1. The van der Waals surface area contributed by atoms with Crippen molar-refractivity contribution in [3.05, 3.63) is 40.9 Å². The molecule has 0 aliphatic heterocycles. The highest BCUT2D eigenvalue weighted by atomic mass is 79.9. The third-order valence-electron chi connectivity index (χ3n) is 1.87. The van der Waals surface area contributed by atoms with Crippen LogP contribution < -0.4 is 10.5 Å². The van der Waals surface area contributed by atoms with Crippen LogP contribution in [0.4, 0.5) is 0 Å². The molecule has 0 aliphatic rings. The van der Waals surface area contributed by atoms with Crippen LogP contribution in [0.15, 0.2) is 40.2 Å². The summed E-state index contributed by atoms with van der Waals surface area (Å²) in [4.78, 5) is 11.5. The molecular formula is C10H11BrN2O3S. The highest BCUT2D eigenvalue weighted by Gasteiger charge is 2.11. The Morgan fingerprint density at radius 3 is 2.65 bits per heavy atom. The Balaban J connectivity index is 2.93. The van der Waals surface area contributed by atoms with Crippen molar-refractivity contribution in [2.24, 2.45) is 5.14 Å². The van der Waals surface area contributed by atoms with Gasteiger partial charge in [-0.25, -0.2) is 13.6 Å². The summed E-state index contributed by atoms with van der Waals surface area (Å²) in [7, 11) is -3.80. The molecule has 1 amide bonds. The molecule has 0 fully saturated rings. The summed E-state index contributed by atoms with van der Waals surface area (Å²) in [6, 6.07) is 5.51. The summed E-state index contributed by atoms with van der Waals surface area (Å²) in [5.41, 5.74) is 0.227. The van der Waals surface area contributed by atoms with Crippen LogP contribution in [-0.4, -0.2) is 20.9 Å². The Hall–Kier alpha value is -1.18. The standard InChI is InChI=1S/C10H11BrN2O3S/c1-7(11)6-13-10(14)8-3-2-4-9(5-8)17(12,15)16/h2-5H,1,6H2,(H,13,14)(H2,12,15,16). The van der Waals surface area contributed by atoms with Gasteiger partial charge in [0, 0.05) is 16.6 Å². The lowest BCUT2D eigenvalue weighted by Crippen LogP contribution is -2.24. The second kappa shape index (κ2) is 5.44. The van der Waals surface area contributed by atoms with E-state index in [0.717, 1.165) is 0 Å². The molecule has 0 saturated heterocycles. The quantitative estimate of drug-likeness (QED) is 0.867.